The molecule has 2 aromatic rings. The Morgan fingerprint density at radius 3 is 2.57 bits per heavy atom. The van der Waals surface area contributed by atoms with Gasteiger partial charge in [-0.05, 0) is 24.3 Å². The van der Waals surface area contributed by atoms with Crippen LogP contribution in [0.3, 0.4) is 0 Å². The summed E-state index contributed by atoms with van der Waals surface area (Å²) in [7, 11) is 0. The van der Waals surface area contributed by atoms with Gasteiger partial charge in [0, 0.05) is 48.9 Å². The zero-order chi connectivity index (χ0) is 20.7. The summed E-state index contributed by atoms with van der Waals surface area (Å²) in [5.74, 6) is -1.31. The van der Waals surface area contributed by atoms with Crippen LogP contribution in [0.2, 0.25) is 5.02 Å². The standard InChI is InChI=1S/C21H22ClF2N3O/c1-14(2)26-12-19(7-8-28)27(13-16-3-5-17(23)9-21(16)24)18-6-4-15(11-25)20(22)10-18/h3-6,8-10,14,19,26H,7,12-13H2,1-2H3/t19-/m0/s1. The van der Waals surface area contributed by atoms with Crippen molar-refractivity contribution in [2.45, 2.75) is 38.9 Å². The zero-order valence-electron chi connectivity index (χ0n) is 15.8. The molecule has 2 aromatic carbocycles. The van der Waals surface area contributed by atoms with Crippen molar-refractivity contribution in [3.63, 3.8) is 0 Å². The van der Waals surface area contributed by atoms with Crippen molar-refractivity contribution in [1.29, 1.82) is 5.26 Å². The lowest BCUT2D eigenvalue weighted by atomic mass is 10.1. The first kappa shape index (κ1) is 21.8. The monoisotopic (exact) mass is 405 g/mol. The number of carbonyl (C=O) groups is 1. The fourth-order valence-corrected chi connectivity index (χ4v) is 3.06. The van der Waals surface area contributed by atoms with Crippen LogP contribution >= 0.6 is 11.6 Å². The van der Waals surface area contributed by atoms with Crippen LogP contribution in [0, 0.1) is 23.0 Å². The quantitative estimate of drug-likeness (QED) is 0.626. The third kappa shape index (κ3) is 5.75. The van der Waals surface area contributed by atoms with Crippen molar-refractivity contribution in [3.05, 3.63) is 64.2 Å². The second kappa shape index (κ2) is 10.2. The zero-order valence-corrected chi connectivity index (χ0v) is 16.5. The number of anilines is 1. The molecule has 0 fully saturated rings. The maximum Gasteiger partial charge on any atom is 0.131 e. The molecule has 0 spiro atoms. The predicted octanol–water partition coefficient (Wildman–Crippen LogP) is 4.45. The number of nitrogens with zero attached hydrogens (tertiary/aromatic N) is 2. The number of nitriles is 1. The molecule has 0 heterocycles. The lowest BCUT2D eigenvalue weighted by Crippen LogP contribution is -2.44. The second-order valence-electron chi connectivity index (χ2n) is 6.76. The molecule has 0 aliphatic carbocycles. The van der Waals surface area contributed by atoms with Crippen molar-refractivity contribution in [1.82, 2.24) is 5.32 Å². The van der Waals surface area contributed by atoms with E-state index in [9.17, 15) is 13.6 Å². The Bertz CT molecular complexity index is 867. The van der Waals surface area contributed by atoms with Gasteiger partial charge in [-0.3, -0.25) is 0 Å². The number of benzene rings is 2. The molecule has 0 amide bonds. The maximum atomic E-state index is 14.3. The average molecular weight is 406 g/mol. The molecular weight excluding hydrogens is 384 g/mol. The van der Waals surface area contributed by atoms with Crippen molar-refractivity contribution >= 4 is 23.6 Å². The molecule has 0 radical (unpaired) electrons. The van der Waals surface area contributed by atoms with E-state index in [1.54, 1.807) is 18.2 Å². The minimum Gasteiger partial charge on any atom is -0.362 e. The van der Waals surface area contributed by atoms with Crippen LogP contribution in [0.1, 0.15) is 31.4 Å². The van der Waals surface area contributed by atoms with Gasteiger partial charge < -0.3 is 15.0 Å². The first-order valence-corrected chi connectivity index (χ1v) is 9.30. The smallest absolute Gasteiger partial charge is 0.131 e. The van der Waals surface area contributed by atoms with Gasteiger partial charge in [0.2, 0.25) is 0 Å². The SMILES string of the molecule is CC(C)NC[C@H](CC=O)N(Cc1ccc(F)cc1F)c1ccc(C#N)c(Cl)c1. The molecule has 0 unspecified atom stereocenters. The van der Waals surface area contributed by atoms with E-state index in [0.717, 1.165) is 12.4 Å². The lowest BCUT2D eigenvalue weighted by Gasteiger charge is -2.34. The first-order chi connectivity index (χ1) is 13.3. The number of aldehydes is 1. The maximum absolute atomic E-state index is 14.3. The fourth-order valence-electron chi connectivity index (χ4n) is 2.84. The van der Waals surface area contributed by atoms with Crippen LogP contribution in [0.5, 0.6) is 0 Å². The van der Waals surface area contributed by atoms with Crippen LogP contribution < -0.4 is 10.2 Å². The van der Waals surface area contributed by atoms with E-state index in [-0.39, 0.29) is 30.1 Å². The van der Waals surface area contributed by atoms with Crippen molar-refractivity contribution in [2.75, 3.05) is 11.4 Å². The van der Waals surface area contributed by atoms with Gasteiger partial charge in [0.05, 0.1) is 10.6 Å². The summed E-state index contributed by atoms with van der Waals surface area (Å²) < 4.78 is 27.5. The van der Waals surface area contributed by atoms with E-state index in [2.05, 4.69) is 5.32 Å². The van der Waals surface area contributed by atoms with Gasteiger partial charge in [-0.1, -0.05) is 31.5 Å². The minimum absolute atomic E-state index is 0.118. The summed E-state index contributed by atoms with van der Waals surface area (Å²) in [4.78, 5) is 13.1. The highest BCUT2D eigenvalue weighted by atomic mass is 35.5. The molecule has 7 heteroatoms. The van der Waals surface area contributed by atoms with E-state index in [0.29, 0.717) is 23.4 Å². The lowest BCUT2D eigenvalue weighted by molar-refractivity contribution is -0.108. The summed E-state index contributed by atoms with van der Waals surface area (Å²) in [5.41, 5.74) is 1.26. The van der Waals surface area contributed by atoms with E-state index in [4.69, 9.17) is 16.9 Å². The Morgan fingerprint density at radius 2 is 2.00 bits per heavy atom. The minimum atomic E-state index is -0.661. The third-order valence-corrected chi connectivity index (χ3v) is 4.64. The Balaban J connectivity index is 2.44. The summed E-state index contributed by atoms with van der Waals surface area (Å²) >= 11 is 6.18. The van der Waals surface area contributed by atoms with Gasteiger partial charge >= 0.3 is 0 Å². The van der Waals surface area contributed by atoms with Crippen LogP contribution in [-0.2, 0) is 11.3 Å². The van der Waals surface area contributed by atoms with Crippen molar-refractivity contribution < 1.29 is 13.6 Å². The molecule has 0 aromatic heterocycles. The molecule has 2 rings (SSSR count). The molecule has 148 valence electrons. The van der Waals surface area contributed by atoms with E-state index in [1.807, 2.05) is 24.8 Å². The highest BCUT2D eigenvalue weighted by Crippen LogP contribution is 2.27. The van der Waals surface area contributed by atoms with Crippen LogP contribution in [-0.4, -0.2) is 24.9 Å². The summed E-state index contributed by atoms with van der Waals surface area (Å²) in [5, 5.41) is 12.7. The second-order valence-corrected chi connectivity index (χ2v) is 7.17. The highest BCUT2D eigenvalue weighted by molar-refractivity contribution is 6.32. The number of nitrogens with one attached hydrogen (secondary N) is 1. The van der Waals surface area contributed by atoms with Gasteiger partial charge in [-0.25, -0.2) is 8.78 Å². The van der Waals surface area contributed by atoms with Gasteiger partial charge in [0.1, 0.15) is 24.0 Å². The number of halogens is 3. The Labute approximate surface area is 168 Å². The normalized spacial score (nSPS) is 11.9. The number of rotatable bonds is 9. The molecule has 0 aliphatic rings. The Hall–Kier alpha value is -2.49. The first-order valence-electron chi connectivity index (χ1n) is 8.93. The molecule has 0 aliphatic heterocycles. The average Bonchev–Trinajstić information content (AvgIpc) is 2.64. The molecule has 1 atom stereocenters. The van der Waals surface area contributed by atoms with E-state index < -0.39 is 11.6 Å². The Kier molecular flexibility index (Phi) is 7.91. The molecule has 0 saturated heterocycles. The van der Waals surface area contributed by atoms with Gasteiger partial charge in [-0.2, -0.15) is 5.26 Å². The largest absolute Gasteiger partial charge is 0.362 e. The number of hydrogen-bond donors (Lipinski definition) is 1. The van der Waals surface area contributed by atoms with Crippen LogP contribution in [0.4, 0.5) is 14.5 Å². The number of carbonyl (C=O) groups excluding carboxylic acids is 1. The molecule has 0 bridgehead atoms. The van der Waals surface area contributed by atoms with Gasteiger partial charge in [-0.15, -0.1) is 0 Å². The summed E-state index contributed by atoms with van der Waals surface area (Å²) in [6.07, 6.45) is 1.02. The Morgan fingerprint density at radius 1 is 1.25 bits per heavy atom. The van der Waals surface area contributed by atoms with Crippen molar-refractivity contribution in [3.8, 4) is 6.07 Å². The summed E-state index contributed by atoms with van der Waals surface area (Å²) in [6.45, 7) is 4.57. The molecule has 0 saturated carbocycles. The number of hydrogen-bond acceptors (Lipinski definition) is 4. The predicted molar refractivity (Wildman–Crippen MR) is 106 cm³/mol. The van der Waals surface area contributed by atoms with Crippen LogP contribution in [0.25, 0.3) is 0 Å². The molecular formula is C21H22ClF2N3O. The van der Waals surface area contributed by atoms with Crippen LogP contribution in [0.15, 0.2) is 36.4 Å². The summed E-state index contributed by atoms with van der Waals surface area (Å²) in [6, 6.07) is 10.2. The van der Waals surface area contributed by atoms with Crippen molar-refractivity contribution in [2.24, 2.45) is 0 Å². The van der Waals surface area contributed by atoms with E-state index in [1.165, 1.54) is 12.1 Å². The molecule has 4 nitrogen and oxygen atoms in total. The molecule has 28 heavy (non-hydrogen) atoms. The van der Waals surface area contributed by atoms with Gasteiger partial charge in [0.15, 0.2) is 0 Å². The highest BCUT2D eigenvalue weighted by Gasteiger charge is 2.22. The molecule has 1 N–H and O–H groups in total. The fraction of sp³-hybridized carbons (Fsp3) is 0.333. The topological polar surface area (TPSA) is 56.1 Å². The third-order valence-electron chi connectivity index (χ3n) is 4.33. The van der Waals surface area contributed by atoms with Gasteiger partial charge in [0.25, 0.3) is 0 Å². The van der Waals surface area contributed by atoms with E-state index >= 15 is 0 Å².